The Bertz CT molecular complexity index is 2850. The van der Waals surface area contributed by atoms with E-state index in [9.17, 15) is 0 Å². The van der Waals surface area contributed by atoms with Crippen molar-refractivity contribution in [2.24, 2.45) is 0 Å². The van der Waals surface area contributed by atoms with Gasteiger partial charge in [0.05, 0.1) is 5.41 Å². The summed E-state index contributed by atoms with van der Waals surface area (Å²) in [4.78, 5) is 15.7. The minimum absolute atomic E-state index is 0.583. The summed E-state index contributed by atoms with van der Waals surface area (Å²) in [5, 5.41) is 2.00. The van der Waals surface area contributed by atoms with Gasteiger partial charge < -0.3 is 4.42 Å². The molecule has 10 aromatic rings. The quantitative estimate of drug-likeness (QED) is 0.147. The number of benzene rings is 8. The first-order valence-corrected chi connectivity index (χ1v) is 18.9. The predicted octanol–water partition coefficient (Wildman–Crippen LogP) is 12.8. The molecule has 0 aliphatic carbocycles. The molecule has 4 heteroatoms. The topological polar surface area (TPSA) is 51.8 Å². The second-order valence-electron chi connectivity index (χ2n) is 14.0. The van der Waals surface area contributed by atoms with Crippen LogP contribution in [0, 0.1) is 0 Å². The van der Waals surface area contributed by atoms with Crippen LogP contribution in [0.2, 0.25) is 0 Å². The Hall–Kier alpha value is -7.43. The number of hydrogen-bond acceptors (Lipinski definition) is 4. The smallest absolute Gasteiger partial charge is 0.164 e. The Morgan fingerprint density at radius 3 is 1.41 bits per heavy atom. The van der Waals surface area contributed by atoms with Gasteiger partial charge in [0, 0.05) is 27.5 Å². The van der Waals surface area contributed by atoms with Gasteiger partial charge in [0.2, 0.25) is 0 Å². The van der Waals surface area contributed by atoms with Crippen LogP contribution in [0.3, 0.4) is 0 Å². The highest BCUT2D eigenvalue weighted by Crippen LogP contribution is 2.46. The van der Waals surface area contributed by atoms with Gasteiger partial charge in [-0.15, -0.1) is 0 Å². The van der Waals surface area contributed by atoms with Gasteiger partial charge in [0.1, 0.15) is 11.2 Å². The van der Waals surface area contributed by atoms with Crippen LogP contribution in [0.5, 0.6) is 0 Å². The summed E-state index contributed by atoms with van der Waals surface area (Å²) >= 11 is 0. The second kappa shape index (κ2) is 14.1. The van der Waals surface area contributed by atoms with Crippen LogP contribution in [0.25, 0.3) is 67.2 Å². The normalized spacial score (nSPS) is 11.6. The molecule has 0 aliphatic rings. The molecule has 0 unspecified atom stereocenters. The van der Waals surface area contributed by atoms with Crippen LogP contribution in [0.1, 0.15) is 22.3 Å². The van der Waals surface area contributed by atoms with Crippen molar-refractivity contribution >= 4 is 21.9 Å². The van der Waals surface area contributed by atoms with Crippen molar-refractivity contribution in [1.29, 1.82) is 0 Å². The van der Waals surface area contributed by atoms with Crippen LogP contribution in [-0.4, -0.2) is 15.0 Å². The third-order valence-electron chi connectivity index (χ3n) is 10.7. The van der Waals surface area contributed by atoms with Crippen LogP contribution in [0.4, 0.5) is 0 Å². The van der Waals surface area contributed by atoms with E-state index in [0.717, 1.165) is 55.3 Å². The summed E-state index contributed by atoms with van der Waals surface area (Å²) in [6.07, 6.45) is 0. The van der Waals surface area contributed by atoms with Crippen LogP contribution in [0.15, 0.2) is 217 Å². The molecule has 0 radical (unpaired) electrons. The fourth-order valence-electron chi connectivity index (χ4n) is 8.11. The number of para-hydroxylation sites is 1. The Balaban J connectivity index is 1.20. The number of aromatic nitrogens is 3. The summed E-state index contributed by atoms with van der Waals surface area (Å²) in [7, 11) is 0. The molecule has 0 aliphatic heterocycles. The van der Waals surface area contributed by atoms with Gasteiger partial charge in [0.25, 0.3) is 0 Å². The van der Waals surface area contributed by atoms with Crippen molar-refractivity contribution in [3.05, 3.63) is 235 Å². The first-order chi connectivity index (χ1) is 27.8. The van der Waals surface area contributed by atoms with E-state index in [1.54, 1.807) is 0 Å². The average Bonchev–Trinajstić information content (AvgIpc) is 3.67. The van der Waals surface area contributed by atoms with E-state index >= 15 is 0 Å². The van der Waals surface area contributed by atoms with E-state index in [2.05, 4.69) is 176 Å². The Morgan fingerprint density at radius 1 is 0.321 bits per heavy atom. The second-order valence-corrected chi connectivity index (χ2v) is 14.0. The average molecular weight is 718 g/mol. The molecule has 0 amide bonds. The van der Waals surface area contributed by atoms with E-state index in [4.69, 9.17) is 19.4 Å². The SMILES string of the molecule is c1ccc(-c2ccc(-c3nc(-c4cccc(C(c5ccccc5)(c5ccccc5)c5ccccc5)c4)nc(-c4cccc5oc6ccccc6c45)n3)cc2)cc1. The lowest BCUT2D eigenvalue weighted by molar-refractivity contribution is 0.669. The molecule has 4 nitrogen and oxygen atoms in total. The molecule has 2 heterocycles. The Morgan fingerprint density at radius 2 is 0.768 bits per heavy atom. The summed E-state index contributed by atoms with van der Waals surface area (Å²) in [6.45, 7) is 0. The molecule has 0 saturated heterocycles. The molecule has 0 N–H and O–H groups in total. The summed E-state index contributed by atoms with van der Waals surface area (Å²) in [6, 6.07) is 74.0. The maximum atomic E-state index is 6.31. The van der Waals surface area contributed by atoms with Crippen molar-refractivity contribution in [2.45, 2.75) is 5.41 Å². The van der Waals surface area contributed by atoms with Gasteiger partial charge in [-0.25, -0.2) is 15.0 Å². The molecule has 0 spiro atoms. The van der Waals surface area contributed by atoms with Crippen molar-refractivity contribution < 1.29 is 4.42 Å². The van der Waals surface area contributed by atoms with Crippen LogP contribution in [-0.2, 0) is 5.41 Å². The number of nitrogens with zero attached hydrogens (tertiary/aromatic N) is 3. The lowest BCUT2D eigenvalue weighted by atomic mass is 9.65. The van der Waals surface area contributed by atoms with E-state index < -0.39 is 5.41 Å². The minimum Gasteiger partial charge on any atom is -0.456 e. The van der Waals surface area contributed by atoms with Crippen molar-refractivity contribution in [3.63, 3.8) is 0 Å². The highest BCUT2D eigenvalue weighted by molar-refractivity contribution is 6.11. The molecule has 0 bridgehead atoms. The molecule has 0 fully saturated rings. The van der Waals surface area contributed by atoms with E-state index in [0.29, 0.717) is 17.5 Å². The van der Waals surface area contributed by atoms with Gasteiger partial charge in [-0.2, -0.15) is 0 Å². The van der Waals surface area contributed by atoms with Crippen LogP contribution >= 0.6 is 0 Å². The van der Waals surface area contributed by atoms with E-state index in [-0.39, 0.29) is 0 Å². The van der Waals surface area contributed by atoms with E-state index in [1.807, 2.05) is 36.4 Å². The molecule has 2 aromatic heterocycles. The monoisotopic (exact) mass is 717 g/mol. The predicted molar refractivity (Wildman–Crippen MR) is 227 cm³/mol. The maximum Gasteiger partial charge on any atom is 0.164 e. The zero-order valence-corrected chi connectivity index (χ0v) is 30.5. The summed E-state index contributed by atoms with van der Waals surface area (Å²) in [5.74, 6) is 1.77. The first kappa shape index (κ1) is 33.2. The highest BCUT2D eigenvalue weighted by Gasteiger charge is 2.38. The lowest BCUT2D eigenvalue weighted by Crippen LogP contribution is -2.31. The van der Waals surface area contributed by atoms with Crippen molar-refractivity contribution in [1.82, 2.24) is 15.0 Å². The lowest BCUT2D eigenvalue weighted by Gasteiger charge is -2.37. The van der Waals surface area contributed by atoms with Gasteiger partial charge in [-0.05, 0) is 51.6 Å². The molecule has 10 rings (SSSR count). The molecular formula is C52H35N3O. The van der Waals surface area contributed by atoms with Crippen molar-refractivity contribution in [3.8, 4) is 45.3 Å². The number of furan rings is 1. The zero-order valence-electron chi connectivity index (χ0n) is 30.5. The van der Waals surface area contributed by atoms with Gasteiger partial charge >= 0.3 is 0 Å². The maximum absolute atomic E-state index is 6.31. The molecule has 0 atom stereocenters. The molecule has 56 heavy (non-hydrogen) atoms. The Labute approximate surface area is 325 Å². The standard InChI is InChI=1S/C52H35N3O/c1-5-17-36(18-6-1)37-31-33-38(34-32-37)49-53-50(55-51(54-49)45-28-16-30-47-48(45)44-27-13-14-29-46(44)56-47)39-19-15-26-43(35-39)52(40-20-7-2-8-21-40,41-22-9-3-10-23-41)42-24-11-4-12-25-42/h1-35H. The fraction of sp³-hybridized carbons (Fsp3) is 0.0192. The molecule has 8 aromatic carbocycles. The minimum atomic E-state index is -0.618. The van der Waals surface area contributed by atoms with Gasteiger partial charge in [-0.1, -0.05) is 194 Å². The van der Waals surface area contributed by atoms with Gasteiger partial charge in [-0.3, -0.25) is 0 Å². The largest absolute Gasteiger partial charge is 0.456 e. The third-order valence-corrected chi connectivity index (χ3v) is 10.7. The summed E-state index contributed by atoms with van der Waals surface area (Å²) < 4.78 is 6.31. The fourth-order valence-corrected chi connectivity index (χ4v) is 8.11. The molecule has 264 valence electrons. The Kier molecular flexibility index (Phi) is 8.34. The van der Waals surface area contributed by atoms with Crippen LogP contribution < -0.4 is 0 Å². The number of hydrogen-bond donors (Lipinski definition) is 0. The first-order valence-electron chi connectivity index (χ1n) is 18.9. The number of fused-ring (bicyclic) bond motifs is 3. The van der Waals surface area contributed by atoms with Gasteiger partial charge in [0.15, 0.2) is 17.5 Å². The summed E-state index contributed by atoms with van der Waals surface area (Å²) in [5.41, 5.74) is 10.6. The highest BCUT2D eigenvalue weighted by atomic mass is 16.3. The molecule has 0 saturated carbocycles. The number of rotatable bonds is 8. The zero-order chi connectivity index (χ0) is 37.3. The molecular weight excluding hydrogens is 683 g/mol. The van der Waals surface area contributed by atoms with Crippen molar-refractivity contribution in [2.75, 3.05) is 0 Å². The van der Waals surface area contributed by atoms with E-state index in [1.165, 1.54) is 16.7 Å². The third kappa shape index (κ3) is 5.76.